The molecule has 0 unspecified atom stereocenters. The van der Waals surface area contributed by atoms with Crippen LogP contribution in [0.2, 0.25) is 4.34 Å². The van der Waals surface area contributed by atoms with Crippen LogP contribution in [0.25, 0.3) is 0 Å². The third-order valence-corrected chi connectivity index (χ3v) is 4.92. The molecular weight excluding hydrogens is 270 g/mol. The third kappa shape index (κ3) is 3.45. The summed E-state index contributed by atoms with van der Waals surface area (Å²) in [7, 11) is 0. The highest BCUT2D eigenvalue weighted by atomic mass is 35.5. The Morgan fingerprint density at radius 2 is 2.11 bits per heavy atom. The summed E-state index contributed by atoms with van der Waals surface area (Å²) < 4.78 is 0.857. The van der Waals surface area contributed by atoms with Gasteiger partial charge >= 0.3 is 0 Å². The molecule has 1 amide bonds. The Morgan fingerprint density at radius 1 is 1.44 bits per heavy atom. The minimum absolute atomic E-state index is 0.0669. The van der Waals surface area contributed by atoms with E-state index in [4.69, 9.17) is 17.3 Å². The van der Waals surface area contributed by atoms with Gasteiger partial charge in [0.1, 0.15) is 32.7 Å². The Kier molecular flexibility index (Phi) is 4.61. The topological polar surface area (TPSA) is 52.0 Å². The first kappa shape index (κ1) is 13.8. The fraction of sp³-hybridized carbons (Fsp3) is 0.583. The van der Waals surface area contributed by atoms with Gasteiger partial charge in [0.05, 0.1) is 9.21 Å². The van der Waals surface area contributed by atoms with E-state index < -0.39 is 0 Å². The molecule has 0 aromatic carbocycles. The lowest BCUT2D eigenvalue weighted by Crippen LogP contribution is -3.29. The van der Waals surface area contributed by atoms with Crippen molar-refractivity contribution in [1.29, 1.82) is 0 Å². The van der Waals surface area contributed by atoms with Gasteiger partial charge in [0, 0.05) is 0 Å². The van der Waals surface area contributed by atoms with Crippen LogP contribution >= 0.6 is 22.9 Å². The average molecular weight is 290 g/mol. The summed E-state index contributed by atoms with van der Waals surface area (Å²) in [6, 6.07) is 3.99. The molecule has 2 rings (SSSR count). The van der Waals surface area contributed by atoms with Crippen molar-refractivity contribution in [1.82, 2.24) is 0 Å². The number of thiophene rings is 1. The molecule has 0 spiro atoms. The smallest absolute Gasteiger partial charge is 0.275 e. The minimum atomic E-state index is -0.196. The van der Waals surface area contributed by atoms with E-state index >= 15 is 0 Å². The quantitative estimate of drug-likeness (QED) is 0.625. The van der Waals surface area contributed by atoms with Gasteiger partial charge in [-0.25, -0.2) is 0 Å². The normalized spacial score (nSPS) is 25.9. The lowest BCUT2D eigenvalue weighted by molar-refractivity contribution is -1.02. The molecule has 1 saturated heterocycles. The number of halogens is 1. The number of primary amides is 1. The first-order valence-corrected chi connectivity index (χ1v) is 7.47. The number of nitrogens with one attached hydrogen (secondary N) is 2. The maximum atomic E-state index is 11.2. The molecule has 1 aromatic heterocycles. The molecule has 1 fully saturated rings. The van der Waals surface area contributed by atoms with E-state index in [9.17, 15) is 4.79 Å². The van der Waals surface area contributed by atoms with Gasteiger partial charge < -0.3 is 15.5 Å². The van der Waals surface area contributed by atoms with E-state index in [0.29, 0.717) is 0 Å². The van der Waals surface area contributed by atoms with E-state index in [-0.39, 0.29) is 11.9 Å². The second kappa shape index (κ2) is 6.02. The standard InChI is InChI=1S/C12H18ClN3OS/c1-9(12(14)17)16-6-4-15(5-7-16)8-10-2-3-11(13)18-10/h2-3,9H,4-8H2,1H3,(H2,14,17)/p+2/t9-/m0/s1. The lowest BCUT2D eigenvalue weighted by atomic mass is 10.2. The van der Waals surface area contributed by atoms with Crippen molar-refractivity contribution >= 4 is 28.8 Å². The predicted molar refractivity (Wildman–Crippen MR) is 73.1 cm³/mol. The van der Waals surface area contributed by atoms with Gasteiger partial charge in [0.15, 0.2) is 6.04 Å². The summed E-state index contributed by atoms with van der Waals surface area (Å²) in [5.41, 5.74) is 5.35. The third-order valence-electron chi connectivity index (χ3n) is 3.69. The van der Waals surface area contributed by atoms with Gasteiger partial charge in [-0.15, -0.1) is 11.3 Å². The molecule has 4 nitrogen and oxygen atoms in total. The number of quaternary nitrogens is 2. The number of hydrogen-bond donors (Lipinski definition) is 3. The molecule has 1 aliphatic rings. The van der Waals surface area contributed by atoms with E-state index in [1.165, 1.54) is 9.78 Å². The molecule has 4 N–H and O–H groups in total. The minimum Gasteiger partial charge on any atom is -0.365 e. The van der Waals surface area contributed by atoms with Gasteiger partial charge in [-0.05, 0) is 19.1 Å². The zero-order valence-corrected chi connectivity index (χ0v) is 12.1. The van der Waals surface area contributed by atoms with Crippen molar-refractivity contribution in [3.63, 3.8) is 0 Å². The Labute approximate surface area is 116 Å². The first-order valence-electron chi connectivity index (χ1n) is 6.28. The van der Waals surface area contributed by atoms with Crippen molar-refractivity contribution < 1.29 is 14.6 Å². The molecule has 1 atom stereocenters. The molecular formula is C12H20ClN3OS+2. The van der Waals surface area contributed by atoms with Crippen molar-refractivity contribution in [3.8, 4) is 0 Å². The van der Waals surface area contributed by atoms with Crippen LogP contribution in [-0.4, -0.2) is 38.1 Å². The number of amides is 1. The van der Waals surface area contributed by atoms with Crippen LogP contribution in [0.3, 0.4) is 0 Å². The van der Waals surface area contributed by atoms with Crippen molar-refractivity contribution in [2.75, 3.05) is 26.2 Å². The number of rotatable bonds is 4. The van der Waals surface area contributed by atoms with E-state index in [1.54, 1.807) is 16.2 Å². The molecule has 6 heteroatoms. The number of carbonyl (C=O) groups is 1. The number of piperazine rings is 1. The van der Waals surface area contributed by atoms with Crippen LogP contribution in [-0.2, 0) is 11.3 Å². The highest BCUT2D eigenvalue weighted by Gasteiger charge is 2.29. The first-order chi connectivity index (χ1) is 8.56. The monoisotopic (exact) mass is 289 g/mol. The SMILES string of the molecule is C[C@@H](C(N)=O)[NH+]1CC[NH+](Cc2ccc(Cl)s2)CC1. The second-order valence-electron chi connectivity index (χ2n) is 4.91. The predicted octanol–water partition coefficient (Wildman–Crippen LogP) is -1.44. The summed E-state index contributed by atoms with van der Waals surface area (Å²) in [5, 5.41) is 0. The van der Waals surface area contributed by atoms with Crippen LogP contribution in [0, 0.1) is 0 Å². The fourth-order valence-electron chi connectivity index (χ4n) is 2.43. The Hall–Kier alpha value is -0.620. The zero-order valence-electron chi connectivity index (χ0n) is 10.5. The summed E-state index contributed by atoms with van der Waals surface area (Å²) in [4.78, 5) is 15.4. The van der Waals surface area contributed by atoms with Crippen molar-refractivity contribution in [2.45, 2.75) is 19.5 Å². The van der Waals surface area contributed by atoms with Crippen LogP contribution < -0.4 is 15.5 Å². The molecule has 0 saturated carbocycles. The highest BCUT2D eigenvalue weighted by molar-refractivity contribution is 7.16. The highest BCUT2D eigenvalue weighted by Crippen LogP contribution is 2.20. The molecule has 18 heavy (non-hydrogen) atoms. The molecule has 0 aliphatic carbocycles. The van der Waals surface area contributed by atoms with Crippen molar-refractivity contribution in [2.24, 2.45) is 5.73 Å². The summed E-state index contributed by atoms with van der Waals surface area (Å²) >= 11 is 7.59. The molecule has 100 valence electrons. The van der Waals surface area contributed by atoms with Crippen LogP contribution in [0.1, 0.15) is 11.8 Å². The van der Waals surface area contributed by atoms with Crippen molar-refractivity contribution in [3.05, 3.63) is 21.3 Å². The molecule has 1 aromatic rings. The molecule has 2 heterocycles. The Bertz CT molecular complexity index is 415. The van der Waals surface area contributed by atoms with E-state index in [1.807, 2.05) is 13.0 Å². The van der Waals surface area contributed by atoms with Gasteiger partial charge in [-0.3, -0.25) is 4.79 Å². The average Bonchev–Trinajstić information content (AvgIpc) is 2.75. The Morgan fingerprint density at radius 3 is 2.61 bits per heavy atom. The Balaban J connectivity index is 1.81. The summed E-state index contributed by atoms with van der Waals surface area (Å²) in [6.45, 7) is 7.15. The number of carbonyl (C=O) groups excluding carboxylic acids is 1. The molecule has 0 radical (unpaired) electrons. The maximum absolute atomic E-state index is 11.2. The van der Waals surface area contributed by atoms with E-state index in [0.717, 1.165) is 37.1 Å². The van der Waals surface area contributed by atoms with Crippen LogP contribution in [0.5, 0.6) is 0 Å². The molecule has 1 aliphatic heterocycles. The maximum Gasteiger partial charge on any atom is 0.275 e. The molecule has 0 bridgehead atoms. The zero-order chi connectivity index (χ0) is 13.1. The summed E-state index contributed by atoms with van der Waals surface area (Å²) in [5.74, 6) is -0.196. The van der Waals surface area contributed by atoms with Crippen LogP contribution in [0.4, 0.5) is 0 Å². The fourth-order valence-corrected chi connectivity index (χ4v) is 3.59. The van der Waals surface area contributed by atoms with Gasteiger partial charge in [-0.1, -0.05) is 11.6 Å². The summed E-state index contributed by atoms with van der Waals surface area (Å²) in [6.07, 6.45) is 0. The van der Waals surface area contributed by atoms with Gasteiger partial charge in [0.25, 0.3) is 5.91 Å². The number of nitrogens with two attached hydrogens (primary N) is 1. The largest absolute Gasteiger partial charge is 0.365 e. The second-order valence-corrected chi connectivity index (χ2v) is 6.71. The van der Waals surface area contributed by atoms with E-state index in [2.05, 4.69) is 6.07 Å². The lowest BCUT2D eigenvalue weighted by Gasteiger charge is -2.31. The van der Waals surface area contributed by atoms with Gasteiger partial charge in [0.2, 0.25) is 0 Å². The number of hydrogen-bond acceptors (Lipinski definition) is 2. The van der Waals surface area contributed by atoms with Gasteiger partial charge in [-0.2, -0.15) is 0 Å². The van der Waals surface area contributed by atoms with Crippen LogP contribution in [0.15, 0.2) is 12.1 Å².